The van der Waals surface area contributed by atoms with E-state index in [0.717, 1.165) is 5.56 Å². The zero-order valence-electron chi connectivity index (χ0n) is 10.7. The lowest BCUT2D eigenvalue weighted by molar-refractivity contribution is -0.125. The first-order chi connectivity index (χ1) is 7.78. The van der Waals surface area contributed by atoms with E-state index in [2.05, 4.69) is 5.32 Å². The number of hydrogen-bond donors (Lipinski definition) is 2. The summed E-state index contributed by atoms with van der Waals surface area (Å²) in [6.45, 7) is 7.47. The third kappa shape index (κ3) is 4.87. The molecular formula is C13H19NO3. The summed E-state index contributed by atoms with van der Waals surface area (Å²) in [5.74, 6) is 0.0129. The predicted octanol–water partition coefficient (Wildman–Crippen LogP) is 2.45. The highest BCUT2D eigenvalue weighted by atomic mass is 16.5. The van der Waals surface area contributed by atoms with E-state index in [9.17, 15) is 9.90 Å². The van der Waals surface area contributed by atoms with Crippen molar-refractivity contribution >= 4 is 11.6 Å². The highest BCUT2D eigenvalue weighted by molar-refractivity contribution is 5.91. The molecule has 0 saturated carbocycles. The Kier molecular flexibility index (Phi) is 4.12. The van der Waals surface area contributed by atoms with Gasteiger partial charge >= 0.3 is 0 Å². The zero-order chi connectivity index (χ0) is 13.1. The molecule has 0 aromatic heterocycles. The molecule has 0 heterocycles. The van der Waals surface area contributed by atoms with Crippen LogP contribution in [-0.2, 0) is 9.53 Å². The maximum absolute atomic E-state index is 11.6. The number of carbonyl (C=O) groups is 1. The van der Waals surface area contributed by atoms with Crippen molar-refractivity contribution in [2.75, 3.05) is 11.9 Å². The highest BCUT2D eigenvalue weighted by Gasteiger charge is 2.13. The predicted molar refractivity (Wildman–Crippen MR) is 67.2 cm³/mol. The Labute approximate surface area is 102 Å². The van der Waals surface area contributed by atoms with E-state index < -0.39 is 0 Å². The van der Waals surface area contributed by atoms with Crippen LogP contribution in [0.3, 0.4) is 0 Å². The summed E-state index contributed by atoms with van der Waals surface area (Å²) in [5, 5.41) is 12.1. The van der Waals surface area contributed by atoms with E-state index in [1.54, 1.807) is 25.1 Å². The lowest BCUT2D eigenvalue weighted by Gasteiger charge is -2.19. The number of nitrogens with one attached hydrogen (secondary N) is 1. The molecule has 1 aromatic rings. The molecule has 0 atom stereocenters. The number of phenolic OH excluding ortho intramolecular Hbond substituents is 1. The Morgan fingerprint density at radius 2 is 2.06 bits per heavy atom. The van der Waals surface area contributed by atoms with Gasteiger partial charge in [-0.05, 0) is 51.5 Å². The van der Waals surface area contributed by atoms with Crippen LogP contribution >= 0.6 is 0 Å². The maximum atomic E-state index is 11.6. The van der Waals surface area contributed by atoms with Gasteiger partial charge in [0.25, 0.3) is 0 Å². The minimum absolute atomic E-state index is 0.0173. The van der Waals surface area contributed by atoms with Crippen molar-refractivity contribution in [3.63, 3.8) is 0 Å². The molecule has 0 aliphatic heterocycles. The molecule has 2 N–H and O–H groups in total. The molecule has 0 spiro atoms. The summed E-state index contributed by atoms with van der Waals surface area (Å²) < 4.78 is 5.36. The summed E-state index contributed by atoms with van der Waals surface area (Å²) >= 11 is 0. The molecule has 0 aliphatic carbocycles. The summed E-state index contributed by atoms with van der Waals surface area (Å²) in [6.07, 6.45) is 0. The van der Waals surface area contributed by atoms with Gasteiger partial charge in [-0.1, -0.05) is 0 Å². The van der Waals surface area contributed by atoms with Gasteiger partial charge in [-0.25, -0.2) is 0 Å². The average molecular weight is 237 g/mol. The first-order valence-corrected chi connectivity index (χ1v) is 5.51. The third-order valence-electron chi connectivity index (χ3n) is 2.12. The van der Waals surface area contributed by atoms with Gasteiger partial charge in [0.1, 0.15) is 12.4 Å². The summed E-state index contributed by atoms with van der Waals surface area (Å²) in [6, 6.07) is 4.91. The standard InChI is InChI=1S/C13H19NO3/c1-9-7-10(5-6-11(9)15)14-12(16)8-17-13(2,3)4/h5-7,15H,8H2,1-4H3,(H,14,16). The number of aryl methyl sites for hydroxylation is 1. The Hall–Kier alpha value is -1.55. The van der Waals surface area contributed by atoms with Crippen LogP contribution in [0.15, 0.2) is 18.2 Å². The van der Waals surface area contributed by atoms with Crippen molar-refractivity contribution in [3.8, 4) is 5.75 Å². The first kappa shape index (κ1) is 13.5. The Morgan fingerprint density at radius 3 is 2.59 bits per heavy atom. The number of benzene rings is 1. The molecule has 0 saturated heterocycles. The number of carbonyl (C=O) groups excluding carboxylic acids is 1. The van der Waals surface area contributed by atoms with Crippen LogP contribution in [0, 0.1) is 6.92 Å². The van der Waals surface area contributed by atoms with E-state index in [-0.39, 0.29) is 23.9 Å². The van der Waals surface area contributed by atoms with Crippen molar-refractivity contribution < 1.29 is 14.6 Å². The van der Waals surface area contributed by atoms with Crippen LogP contribution in [-0.4, -0.2) is 23.2 Å². The second-order valence-electron chi connectivity index (χ2n) is 4.95. The molecule has 0 radical (unpaired) electrons. The second kappa shape index (κ2) is 5.19. The molecule has 4 heteroatoms. The minimum Gasteiger partial charge on any atom is -0.508 e. The highest BCUT2D eigenvalue weighted by Crippen LogP contribution is 2.20. The zero-order valence-corrected chi connectivity index (χ0v) is 10.7. The molecule has 4 nitrogen and oxygen atoms in total. The fourth-order valence-electron chi connectivity index (χ4n) is 1.21. The molecule has 0 aliphatic rings. The summed E-state index contributed by atoms with van der Waals surface area (Å²) in [4.78, 5) is 11.6. The van der Waals surface area contributed by atoms with E-state index in [0.29, 0.717) is 5.69 Å². The molecule has 1 rings (SSSR count). The van der Waals surface area contributed by atoms with Crippen LogP contribution in [0.4, 0.5) is 5.69 Å². The number of rotatable bonds is 3. The molecule has 1 amide bonds. The van der Waals surface area contributed by atoms with Gasteiger partial charge in [0, 0.05) is 5.69 Å². The van der Waals surface area contributed by atoms with Gasteiger partial charge in [-0.15, -0.1) is 0 Å². The normalized spacial score (nSPS) is 11.3. The SMILES string of the molecule is Cc1cc(NC(=O)COC(C)(C)C)ccc1O. The van der Waals surface area contributed by atoms with Gasteiger partial charge in [0.2, 0.25) is 5.91 Å². The summed E-state index contributed by atoms with van der Waals surface area (Å²) in [5.41, 5.74) is 1.05. The fraction of sp³-hybridized carbons (Fsp3) is 0.462. The lowest BCUT2D eigenvalue weighted by Crippen LogP contribution is -2.27. The van der Waals surface area contributed by atoms with Crippen LogP contribution in [0.2, 0.25) is 0 Å². The number of anilines is 1. The second-order valence-corrected chi connectivity index (χ2v) is 4.95. The first-order valence-electron chi connectivity index (χ1n) is 5.51. The average Bonchev–Trinajstić information content (AvgIpc) is 2.20. The van der Waals surface area contributed by atoms with E-state index in [1.807, 2.05) is 20.8 Å². The molecule has 0 fully saturated rings. The largest absolute Gasteiger partial charge is 0.508 e. The molecule has 0 unspecified atom stereocenters. The molecular weight excluding hydrogens is 218 g/mol. The minimum atomic E-state index is -0.331. The number of hydrogen-bond acceptors (Lipinski definition) is 3. The number of aromatic hydroxyl groups is 1. The Bertz CT molecular complexity index is 408. The topological polar surface area (TPSA) is 58.6 Å². The van der Waals surface area contributed by atoms with Gasteiger partial charge in [0.15, 0.2) is 0 Å². The van der Waals surface area contributed by atoms with Crippen molar-refractivity contribution in [1.82, 2.24) is 0 Å². The van der Waals surface area contributed by atoms with Crippen LogP contribution in [0.5, 0.6) is 5.75 Å². The molecule has 94 valence electrons. The lowest BCUT2D eigenvalue weighted by atomic mass is 10.2. The van der Waals surface area contributed by atoms with Crippen LogP contribution < -0.4 is 5.32 Å². The summed E-state index contributed by atoms with van der Waals surface area (Å²) in [7, 11) is 0. The molecule has 17 heavy (non-hydrogen) atoms. The van der Waals surface area contributed by atoms with E-state index in [1.165, 1.54) is 0 Å². The monoisotopic (exact) mass is 237 g/mol. The van der Waals surface area contributed by atoms with Gasteiger partial charge in [-0.3, -0.25) is 4.79 Å². The van der Waals surface area contributed by atoms with Crippen molar-refractivity contribution in [1.29, 1.82) is 0 Å². The van der Waals surface area contributed by atoms with E-state index in [4.69, 9.17) is 4.74 Å². The van der Waals surface area contributed by atoms with Crippen molar-refractivity contribution in [2.45, 2.75) is 33.3 Å². The number of phenols is 1. The van der Waals surface area contributed by atoms with Gasteiger partial charge < -0.3 is 15.2 Å². The quantitative estimate of drug-likeness (QED) is 0.794. The van der Waals surface area contributed by atoms with Crippen molar-refractivity contribution in [3.05, 3.63) is 23.8 Å². The Balaban J connectivity index is 2.54. The Morgan fingerprint density at radius 1 is 1.41 bits per heavy atom. The fourth-order valence-corrected chi connectivity index (χ4v) is 1.21. The van der Waals surface area contributed by atoms with Gasteiger partial charge in [-0.2, -0.15) is 0 Å². The molecule has 0 bridgehead atoms. The maximum Gasteiger partial charge on any atom is 0.250 e. The van der Waals surface area contributed by atoms with Crippen LogP contribution in [0.25, 0.3) is 0 Å². The van der Waals surface area contributed by atoms with Gasteiger partial charge in [0.05, 0.1) is 5.60 Å². The molecule has 1 aromatic carbocycles. The van der Waals surface area contributed by atoms with Crippen molar-refractivity contribution in [2.24, 2.45) is 0 Å². The number of ether oxygens (including phenoxy) is 1. The number of amides is 1. The smallest absolute Gasteiger partial charge is 0.250 e. The van der Waals surface area contributed by atoms with E-state index >= 15 is 0 Å². The van der Waals surface area contributed by atoms with Crippen LogP contribution in [0.1, 0.15) is 26.3 Å². The third-order valence-corrected chi connectivity index (χ3v) is 2.12.